The molecule has 5 heteroatoms. The van der Waals surface area contributed by atoms with E-state index in [2.05, 4.69) is 29.2 Å². The molecule has 0 radical (unpaired) electrons. The monoisotopic (exact) mass is 368 g/mol. The lowest BCUT2D eigenvalue weighted by atomic mass is 10.0. The van der Waals surface area contributed by atoms with Crippen LogP contribution in [0.3, 0.4) is 0 Å². The molecule has 2 saturated heterocycles. The van der Waals surface area contributed by atoms with Crippen molar-refractivity contribution in [3.8, 4) is 0 Å². The Morgan fingerprint density at radius 2 is 1.73 bits per heavy atom. The van der Waals surface area contributed by atoms with Crippen molar-refractivity contribution in [1.82, 2.24) is 4.90 Å². The highest BCUT2D eigenvalue weighted by Gasteiger charge is 2.42. The number of carbonyl (C=O) groups excluding carboxylic acids is 1. The first-order valence-electron chi connectivity index (χ1n) is 9.22. The minimum atomic E-state index is -1.09. The molecule has 2 aromatic carbocycles. The van der Waals surface area contributed by atoms with Gasteiger partial charge in [-0.15, -0.1) is 0 Å². The van der Waals surface area contributed by atoms with Crippen molar-refractivity contribution in [2.45, 2.75) is 54.5 Å². The topological polar surface area (TPSA) is 63.4 Å². The number of amides is 1. The molecular formula is C21H24N2O2S. The number of hydrogen-bond donors (Lipinski definition) is 1. The standard InChI is InChI=1S/C21H24N2O2S/c22-21(24)16-7-4-8-19(11-16)26(25)20-12-17-9-10-18(13-20)23(17)14-15-5-2-1-3-6-15/h1-8,11,17-18,20H,9-10,12-14H2,(H2,22,24)/t17-,18+,20?,26?. The molecule has 0 aliphatic carbocycles. The summed E-state index contributed by atoms with van der Waals surface area (Å²) in [4.78, 5) is 14.7. The van der Waals surface area contributed by atoms with Crippen LogP contribution in [0.25, 0.3) is 0 Å². The number of fused-ring (bicyclic) bond motifs is 2. The number of nitrogens with two attached hydrogens (primary N) is 1. The van der Waals surface area contributed by atoms with Crippen molar-refractivity contribution in [2.24, 2.45) is 5.73 Å². The largest absolute Gasteiger partial charge is 0.366 e. The number of nitrogens with zero attached hydrogens (tertiary/aromatic N) is 1. The Kier molecular flexibility index (Phi) is 4.92. The minimum Gasteiger partial charge on any atom is -0.366 e. The highest BCUT2D eigenvalue weighted by Crippen LogP contribution is 2.39. The average Bonchev–Trinajstić information content (AvgIpc) is 2.90. The summed E-state index contributed by atoms with van der Waals surface area (Å²) in [5, 5.41) is 0.155. The van der Waals surface area contributed by atoms with Gasteiger partial charge < -0.3 is 5.73 Å². The zero-order chi connectivity index (χ0) is 18.1. The Morgan fingerprint density at radius 3 is 2.38 bits per heavy atom. The second-order valence-corrected chi connectivity index (χ2v) is 9.06. The van der Waals surface area contributed by atoms with Gasteiger partial charge in [0, 0.05) is 34.3 Å². The molecule has 2 aliphatic rings. The summed E-state index contributed by atoms with van der Waals surface area (Å²) < 4.78 is 13.1. The van der Waals surface area contributed by atoms with Crippen molar-refractivity contribution >= 4 is 16.7 Å². The van der Waals surface area contributed by atoms with Crippen molar-refractivity contribution < 1.29 is 9.00 Å². The smallest absolute Gasteiger partial charge is 0.248 e. The summed E-state index contributed by atoms with van der Waals surface area (Å²) in [6.45, 7) is 0.979. The number of primary amides is 1. The molecule has 4 nitrogen and oxygen atoms in total. The first kappa shape index (κ1) is 17.4. The number of hydrogen-bond acceptors (Lipinski definition) is 3. The zero-order valence-corrected chi connectivity index (χ0v) is 15.5. The van der Waals surface area contributed by atoms with Gasteiger partial charge in [-0.2, -0.15) is 0 Å². The maximum absolute atomic E-state index is 13.1. The van der Waals surface area contributed by atoms with Gasteiger partial charge in [0.15, 0.2) is 0 Å². The summed E-state index contributed by atoms with van der Waals surface area (Å²) in [5.74, 6) is -0.471. The Morgan fingerprint density at radius 1 is 1.04 bits per heavy atom. The van der Waals surface area contributed by atoms with Crippen LogP contribution in [0, 0.1) is 0 Å². The van der Waals surface area contributed by atoms with Crippen molar-refractivity contribution in [3.05, 3.63) is 65.7 Å². The molecule has 2 unspecified atom stereocenters. The van der Waals surface area contributed by atoms with E-state index in [9.17, 15) is 9.00 Å². The van der Waals surface area contributed by atoms with Crippen LogP contribution < -0.4 is 5.73 Å². The van der Waals surface area contributed by atoms with Crippen LogP contribution in [0.2, 0.25) is 0 Å². The molecule has 2 bridgehead atoms. The minimum absolute atomic E-state index is 0.155. The van der Waals surface area contributed by atoms with Crippen LogP contribution in [-0.2, 0) is 17.3 Å². The number of benzene rings is 2. The number of rotatable bonds is 5. The van der Waals surface area contributed by atoms with Gasteiger partial charge in [-0.25, -0.2) is 0 Å². The summed E-state index contributed by atoms with van der Waals surface area (Å²) in [5.41, 5.74) is 7.14. The molecule has 136 valence electrons. The third kappa shape index (κ3) is 3.46. The summed E-state index contributed by atoms with van der Waals surface area (Å²) in [7, 11) is -1.09. The van der Waals surface area contributed by atoms with E-state index in [0.29, 0.717) is 17.6 Å². The molecule has 2 aliphatic heterocycles. The predicted octanol–water partition coefficient (Wildman–Crippen LogP) is 3.09. The van der Waals surface area contributed by atoms with E-state index < -0.39 is 16.7 Å². The molecule has 0 spiro atoms. The first-order chi connectivity index (χ1) is 12.6. The van der Waals surface area contributed by atoms with Gasteiger partial charge in [-0.05, 0) is 49.4 Å². The quantitative estimate of drug-likeness (QED) is 0.882. The normalized spacial score (nSPS) is 26.5. The highest BCUT2D eigenvalue weighted by atomic mass is 32.2. The fourth-order valence-electron chi connectivity index (χ4n) is 4.42. The molecule has 1 amide bonds. The average molecular weight is 369 g/mol. The highest BCUT2D eigenvalue weighted by molar-refractivity contribution is 7.85. The summed E-state index contributed by atoms with van der Waals surface area (Å²) in [6.07, 6.45) is 4.28. The van der Waals surface area contributed by atoms with E-state index in [4.69, 9.17) is 5.73 Å². The van der Waals surface area contributed by atoms with Gasteiger partial charge in [0.25, 0.3) is 0 Å². The molecule has 0 aromatic heterocycles. The van der Waals surface area contributed by atoms with Gasteiger partial charge in [-0.3, -0.25) is 13.9 Å². The van der Waals surface area contributed by atoms with Crippen LogP contribution in [-0.4, -0.2) is 32.3 Å². The molecule has 2 aromatic rings. The van der Waals surface area contributed by atoms with E-state index in [-0.39, 0.29) is 5.25 Å². The Hall–Kier alpha value is -1.98. The van der Waals surface area contributed by atoms with Gasteiger partial charge >= 0.3 is 0 Å². The van der Waals surface area contributed by atoms with Crippen molar-refractivity contribution in [2.75, 3.05) is 0 Å². The molecule has 0 saturated carbocycles. The third-order valence-electron chi connectivity index (χ3n) is 5.70. The summed E-state index contributed by atoms with van der Waals surface area (Å²) in [6, 6.07) is 18.6. The second-order valence-electron chi connectivity index (χ2n) is 7.33. The van der Waals surface area contributed by atoms with E-state index in [1.807, 2.05) is 12.1 Å². The summed E-state index contributed by atoms with van der Waals surface area (Å²) >= 11 is 0. The number of piperidine rings is 1. The Balaban J connectivity index is 1.47. The maximum atomic E-state index is 13.1. The fraction of sp³-hybridized carbons (Fsp3) is 0.381. The molecule has 26 heavy (non-hydrogen) atoms. The van der Waals surface area contributed by atoms with Crippen LogP contribution in [0.15, 0.2) is 59.5 Å². The molecule has 4 rings (SSSR count). The molecular weight excluding hydrogens is 344 g/mol. The second kappa shape index (κ2) is 7.33. The van der Waals surface area contributed by atoms with Crippen molar-refractivity contribution in [3.63, 3.8) is 0 Å². The van der Waals surface area contributed by atoms with Crippen molar-refractivity contribution in [1.29, 1.82) is 0 Å². The molecule has 2 N–H and O–H groups in total. The lowest BCUT2D eigenvalue weighted by molar-refractivity contribution is 0.1000. The van der Waals surface area contributed by atoms with Gasteiger partial charge in [0.1, 0.15) is 0 Å². The van der Waals surface area contributed by atoms with Crippen LogP contribution in [0.1, 0.15) is 41.6 Å². The zero-order valence-electron chi connectivity index (χ0n) is 14.7. The van der Waals surface area contributed by atoms with Gasteiger partial charge in [0.05, 0.1) is 10.8 Å². The van der Waals surface area contributed by atoms with Crippen LogP contribution in [0.5, 0.6) is 0 Å². The molecule has 2 fully saturated rings. The lowest BCUT2D eigenvalue weighted by Crippen LogP contribution is -2.45. The van der Waals surface area contributed by atoms with Gasteiger partial charge in [0.2, 0.25) is 5.91 Å². The fourth-order valence-corrected chi connectivity index (χ4v) is 6.05. The van der Waals surface area contributed by atoms with Crippen LogP contribution >= 0.6 is 0 Å². The van der Waals surface area contributed by atoms with E-state index in [1.165, 1.54) is 18.4 Å². The Labute approximate surface area is 156 Å². The van der Waals surface area contributed by atoms with Crippen LogP contribution in [0.4, 0.5) is 0 Å². The number of carbonyl (C=O) groups is 1. The van der Waals surface area contributed by atoms with E-state index in [1.54, 1.807) is 18.2 Å². The van der Waals surface area contributed by atoms with E-state index >= 15 is 0 Å². The molecule has 2 heterocycles. The SMILES string of the molecule is NC(=O)c1cccc(S(=O)C2C[C@H]3CC[C@@H](C2)N3Cc2ccccc2)c1. The Bertz CT molecular complexity index is 810. The van der Waals surface area contributed by atoms with E-state index in [0.717, 1.165) is 24.3 Å². The predicted molar refractivity (Wildman–Crippen MR) is 103 cm³/mol. The lowest BCUT2D eigenvalue weighted by Gasteiger charge is -2.38. The third-order valence-corrected chi connectivity index (χ3v) is 7.41. The maximum Gasteiger partial charge on any atom is 0.248 e. The first-order valence-corrected chi connectivity index (χ1v) is 10.4. The van der Waals surface area contributed by atoms with Gasteiger partial charge in [-0.1, -0.05) is 36.4 Å². The molecule has 4 atom stereocenters.